The third-order valence-corrected chi connectivity index (χ3v) is 5.53. The lowest BCUT2D eigenvalue weighted by molar-refractivity contribution is 0.209. The Labute approximate surface area is 176 Å². The Morgan fingerprint density at radius 1 is 0.967 bits per heavy atom. The maximum atomic E-state index is 12.9. The molecule has 4 rings (SSSR count). The SMILES string of the molecule is N#Cc1nccc(C2(NC(=O)Nc3cccc(-c4ccccc4)c3)CCCCC2)n1. The van der Waals surface area contributed by atoms with Gasteiger partial charge in [-0.15, -0.1) is 0 Å². The van der Waals surface area contributed by atoms with Crippen molar-refractivity contribution in [3.63, 3.8) is 0 Å². The number of carbonyl (C=O) groups is 1. The number of anilines is 1. The molecule has 2 amide bonds. The van der Waals surface area contributed by atoms with Crippen LogP contribution in [-0.2, 0) is 5.54 Å². The van der Waals surface area contributed by atoms with Gasteiger partial charge in [0.2, 0.25) is 5.82 Å². The van der Waals surface area contributed by atoms with E-state index in [-0.39, 0.29) is 11.9 Å². The van der Waals surface area contributed by atoms with Crippen LogP contribution in [0.2, 0.25) is 0 Å². The molecule has 150 valence electrons. The number of benzene rings is 2. The fourth-order valence-corrected chi connectivity index (χ4v) is 4.07. The molecule has 0 spiro atoms. The van der Waals surface area contributed by atoms with Crippen LogP contribution < -0.4 is 10.6 Å². The predicted octanol–water partition coefficient (Wildman–Crippen LogP) is 5.00. The standard InChI is InChI=1S/C24H23N5O/c25-17-22-26-15-12-21(28-22)24(13-5-2-6-14-24)29-23(30)27-20-11-7-10-19(16-20)18-8-3-1-4-9-18/h1,3-4,7-12,15-16H,2,5-6,13-14H2,(H2,27,29,30). The van der Waals surface area contributed by atoms with Gasteiger partial charge in [-0.1, -0.05) is 61.7 Å². The number of hydrogen-bond acceptors (Lipinski definition) is 4. The third kappa shape index (κ3) is 4.31. The number of aromatic nitrogens is 2. The predicted molar refractivity (Wildman–Crippen MR) is 116 cm³/mol. The average Bonchev–Trinajstić information content (AvgIpc) is 2.80. The minimum Gasteiger partial charge on any atom is -0.327 e. The van der Waals surface area contributed by atoms with Gasteiger partial charge in [-0.25, -0.2) is 14.8 Å². The highest BCUT2D eigenvalue weighted by molar-refractivity contribution is 5.90. The lowest BCUT2D eigenvalue weighted by Gasteiger charge is -2.37. The molecule has 30 heavy (non-hydrogen) atoms. The molecule has 2 N–H and O–H groups in total. The summed E-state index contributed by atoms with van der Waals surface area (Å²) >= 11 is 0. The highest BCUT2D eigenvalue weighted by atomic mass is 16.2. The van der Waals surface area contributed by atoms with Crippen LogP contribution >= 0.6 is 0 Å². The average molecular weight is 397 g/mol. The first-order valence-corrected chi connectivity index (χ1v) is 10.2. The second kappa shape index (κ2) is 8.75. The Bertz CT molecular complexity index is 1070. The number of amides is 2. The van der Waals surface area contributed by atoms with Crippen molar-refractivity contribution < 1.29 is 4.79 Å². The number of urea groups is 1. The monoisotopic (exact) mass is 397 g/mol. The molecule has 1 aliphatic carbocycles. The van der Waals surface area contributed by atoms with E-state index in [1.54, 1.807) is 12.3 Å². The molecular formula is C24H23N5O. The molecular weight excluding hydrogens is 374 g/mol. The van der Waals surface area contributed by atoms with Crippen molar-refractivity contribution in [1.82, 2.24) is 15.3 Å². The Kier molecular flexibility index (Phi) is 5.71. The molecule has 0 bridgehead atoms. The van der Waals surface area contributed by atoms with Crippen molar-refractivity contribution in [2.45, 2.75) is 37.6 Å². The zero-order valence-electron chi connectivity index (χ0n) is 16.6. The summed E-state index contributed by atoms with van der Waals surface area (Å²) in [6.07, 6.45) is 6.27. The molecule has 6 heteroatoms. The fraction of sp³-hybridized carbons (Fsp3) is 0.250. The summed E-state index contributed by atoms with van der Waals surface area (Å²) in [4.78, 5) is 21.3. The summed E-state index contributed by atoms with van der Waals surface area (Å²) < 4.78 is 0. The van der Waals surface area contributed by atoms with Gasteiger partial charge in [-0.05, 0) is 42.2 Å². The van der Waals surface area contributed by atoms with E-state index >= 15 is 0 Å². The van der Waals surface area contributed by atoms with E-state index in [0.717, 1.165) is 48.9 Å². The van der Waals surface area contributed by atoms with Gasteiger partial charge in [-0.3, -0.25) is 0 Å². The maximum absolute atomic E-state index is 12.9. The molecule has 0 saturated heterocycles. The summed E-state index contributed by atoms with van der Waals surface area (Å²) in [5.41, 5.74) is 2.96. The van der Waals surface area contributed by atoms with E-state index in [1.165, 1.54) is 0 Å². The van der Waals surface area contributed by atoms with E-state index in [1.807, 2.05) is 60.7 Å². The summed E-state index contributed by atoms with van der Waals surface area (Å²) in [6, 6.07) is 21.3. The Morgan fingerprint density at radius 3 is 2.50 bits per heavy atom. The van der Waals surface area contributed by atoms with Crippen LogP contribution in [0.4, 0.5) is 10.5 Å². The lowest BCUT2D eigenvalue weighted by atomic mass is 9.79. The van der Waals surface area contributed by atoms with Crippen molar-refractivity contribution >= 4 is 11.7 Å². The summed E-state index contributed by atoms with van der Waals surface area (Å²) in [5, 5.41) is 15.3. The number of nitrogens with zero attached hydrogens (tertiary/aromatic N) is 3. The number of hydrogen-bond donors (Lipinski definition) is 2. The van der Waals surface area contributed by atoms with Crippen molar-refractivity contribution in [2.24, 2.45) is 0 Å². The first-order valence-electron chi connectivity index (χ1n) is 10.2. The van der Waals surface area contributed by atoms with E-state index in [0.29, 0.717) is 5.69 Å². The molecule has 6 nitrogen and oxygen atoms in total. The van der Waals surface area contributed by atoms with Gasteiger partial charge >= 0.3 is 6.03 Å². The van der Waals surface area contributed by atoms with Gasteiger partial charge in [0, 0.05) is 11.9 Å². The molecule has 0 unspecified atom stereocenters. The van der Waals surface area contributed by atoms with Crippen molar-refractivity contribution in [1.29, 1.82) is 5.26 Å². The largest absolute Gasteiger partial charge is 0.327 e. The summed E-state index contributed by atoms with van der Waals surface area (Å²) in [5.74, 6) is 0.121. The van der Waals surface area contributed by atoms with E-state index in [2.05, 4.69) is 20.6 Å². The van der Waals surface area contributed by atoms with Gasteiger partial charge in [0.15, 0.2) is 0 Å². The van der Waals surface area contributed by atoms with E-state index in [4.69, 9.17) is 5.26 Å². The highest BCUT2D eigenvalue weighted by Crippen LogP contribution is 2.36. The van der Waals surface area contributed by atoms with Gasteiger partial charge < -0.3 is 10.6 Å². The molecule has 3 aromatic rings. The number of carbonyl (C=O) groups excluding carboxylic acids is 1. The first kappa shape index (κ1) is 19.6. The Morgan fingerprint density at radius 2 is 1.73 bits per heavy atom. The molecule has 1 fully saturated rings. The van der Waals surface area contributed by atoms with Crippen LogP contribution in [0.1, 0.15) is 43.6 Å². The molecule has 1 heterocycles. The molecule has 1 saturated carbocycles. The maximum Gasteiger partial charge on any atom is 0.319 e. The fourth-order valence-electron chi connectivity index (χ4n) is 4.07. The number of nitrogens with one attached hydrogen (secondary N) is 2. The van der Waals surface area contributed by atoms with Gasteiger partial charge in [0.25, 0.3) is 0 Å². The van der Waals surface area contributed by atoms with Crippen molar-refractivity contribution in [2.75, 3.05) is 5.32 Å². The van der Waals surface area contributed by atoms with E-state index < -0.39 is 5.54 Å². The lowest BCUT2D eigenvalue weighted by Crippen LogP contribution is -2.49. The number of rotatable bonds is 4. The zero-order valence-corrected chi connectivity index (χ0v) is 16.6. The molecule has 2 aromatic carbocycles. The first-order chi connectivity index (χ1) is 14.7. The molecule has 1 aliphatic rings. The minimum absolute atomic E-state index is 0.121. The minimum atomic E-state index is -0.589. The smallest absolute Gasteiger partial charge is 0.319 e. The van der Waals surface area contributed by atoms with Crippen molar-refractivity contribution in [3.8, 4) is 17.2 Å². The van der Waals surface area contributed by atoms with Crippen molar-refractivity contribution in [3.05, 3.63) is 78.4 Å². The quantitative estimate of drug-likeness (QED) is 0.648. The highest BCUT2D eigenvalue weighted by Gasteiger charge is 2.37. The topological polar surface area (TPSA) is 90.7 Å². The Hall–Kier alpha value is -3.72. The third-order valence-electron chi connectivity index (χ3n) is 5.53. The zero-order chi connectivity index (χ0) is 20.8. The molecule has 0 atom stereocenters. The van der Waals surface area contributed by atoms with Crippen LogP contribution in [0, 0.1) is 11.3 Å². The second-order valence-electron chi connectivity index (χ2n) is 7.55. The van der Waals surface area contributed by atoms with Gasteiger partial charge in [0.05, 0.1) is 11.2 Å². The van der Waals surface area contributed by atoms with Crippen LogP contribution in [0.5, 0.6) is 0 Å². The molecule has 1 aromatic heterocycles. The van der Waals surface area contributed by atoms with Crippen LogP contribution in [-0.4, -0.2) is 16.0 Å². The van der Waals surface area contributed by atoms with E-state index in [9.17, 15) is 4.79 Å². The normalized spacial score (nSPS) is 15.0. The second-order valence-corrected chi connectivity index (χ2v) is 7.55. The summed E-state index contributed by atoms with van der Waals surface area (Å²) in [7, 11) is 0. The molecule has 0 radical (unpaired) electrons. The summed E-state index contributed by atoms with van der Waals surface area (Å²) in [6.45, 7) is 0. The van der Waals surface area contributed by atoms with Crippen LogP contribution in [0.15, 0.2) is 66.9 Å². The van der Waals surface area contributed by atoms with Crippen LogP contribution in [0.3, 0.4) is 0 Å². The molecule has 0 aliphatic heterocycles. The van der Waals surface area contributed by atoms with Gasteiger partial charge in [0.1, 0.15) is 6.07 Å². The Balaban J connectivity index is 1.55. The number of nitriles is 1. The van der Waals surface area contributed by atoms with Gasteiger partial charge in [-0.2, -0.15) is 5.26 Å². The van der Waals surface area contributed by atoms with Crippen LogP contribution in [0.25, 0.3) is 11.1 Å².